The molecular formula is C31H47F3O12S. The van der Waals surface area contributed by atoms with Crippen molar-refractivity contribution < 1.29 is 68.5 Å². The topological polar surface area (TPSA) is 134 Å². The van der Waals surface area contributed by atoms with Crippen LogP contribution in [0.25, 0.3) is 0 Å². The van der Waals surface area contributed by atoms with Gasteiger partial charge in [-0.15, -0.1) is 0 Å². The number of hydrogen-bond donors (Lipinski definition) is 0. The number of Topliss-reactive ketones (excluding diaryl/α,β-unsaturated/α-hetero) is 1. The largest absolute Gasteiger partial charge is 0.534 e. The first-order valence-corrected chi connectivity index (χ1v) is 17.6. The second-order valence-electron chi connectivity index (χ2n) is 13.7. The summed E-state index contributed by atoms with van der Waals surface area (Å²) >= 11 is 0. The van der Waals surface area contributed by atoms with Crippen LogP contribution in [0, 0.1) is 11.8 Å². The highest BCUT2D eigenvalue weighted by Crippen LogP contribution is 2.48. The van der Waals surface area contributed by atoms with Crippen LogP contribution in [-0.4, -0.2) is 108 Å². The van der Waals surface area contributed by atoms with Crippen LogP contribution in [0.2, 0.25) is 0 Å². The molecule has 6 heterocycles. The molecule has 12 nitrogen and oxygen atoms in total. The van der Waals surface area contributed by atoms with Gasteiger partial charge in [-0.3, -0.25) is 4.79 Å². The maximum absolute atomic E-state index is 12.4. The van der Waals surface area contributed by atoms with Gasteiger partial charge in [0, 0.05) is 38.9 Å². The lowest BCUT2D eigenvalue weighted by molar-refractivity contribution is -0.231. The number of carbonyl (C=O) groups is 1. The molecule has 0 saturated carbocycles. The van der Waals surface area contributed by atoms with E-state index in [2.05, 4.69) is 10.8 Å². The Bertz CT molecular complexity index is 1250. The van der Waals surface area contributed by atoms with Crippen molar-refractivity contribution in [1.29, 1.82) is 0 Å². The molecule has 270 valence electrons. The fraction of sp³-hybridized carbons (Fsp3) is 0.903. The zero-order valence-electron chi connectivity index (χ0n) is 27.5. The number of alkyl halides is 3. The van der Waals surface area contributed by atoms with Crippen LogP contribution in [-0.2, 0) is 57.0 Å². The number of ether oxygens (including phenoxy) is 8. The summed E-state index contributed by atoms with van der Waals surface area (Å²) in [4.78, 5) is 11.4. The third-order valence-corrected chi connectivity index (χ3v) is 11.3. The van der Waals surface area contributed by atoms with Crippen molar-refractivity contribution in [2.45, 2.75) is 138 Å². The second kappa shape index (κ2) is 14.1. The van der Waals surface area contributed by atoms with Crippen molar-refractivity contribution in [1.82, 2.24) is 0 Å². The highest BCUT2D eigenvalue weighted by molar-refractivity contribution is 7.87. The smallest absolute Gasteiger partial charge is 0.381 e. The Labute approximate surface area is 273 Å². The summed E-state index contributed by atoms with van der Waals surface area (Å²) in [6.45, 7) is 9.34. The van der Waals surface area contributed by atoms with Crippen LogP contribution < -0.4 is 0 Å². The van der Waals surface area contributed by atoms with Gasteiger partial charge < -0.3 is 42.1 Å². The van der Waals surface area contributed by atoms with E-state index in [9.17, 15) is 26.4 Å². The Balaban J connectivity index is 0.000000193. The van der Waals surface area contributed by atoms with Crippen LogP contribution in [0.1, 0.15) is 72.1 Å². The highest BCUT2D eigenvalue weighted by atomic mass is 32.2. The van der Waals surface area contributed by atoms with Gasteiger partial charge in [-0.1, -0.05) is 20.4 Å². The third kappa shape index (κ3) is 7.70. The number of ketones is 1. The number of fused-ring (bicyclic) bond motifs is 2. The number of halogens is 3. The molecule has 0 aromatic heterocycles. The van der Waals surface area contributed by atoms with E-state index in [1.807, 2.05) is 6.92 Å². The van der Waals surface area contributed by atoms with E-state index in [-0.39, 0.29) is 66.6 Å². The molecule has 0 aromatic rings. The minimum Gasteiger partial charge on any atom is -0.381 e. The van der Waals surface area contributed by atoms with E-state index in [4.69, 9.17) is 37.9 Å². The van der Waals surface area contributed by atoms with Gasteiger partial charge >= 0.3 is 15.6 Å². The van der Waals surface area contributed by atoms with E-state index in [0.29, 0.717) is 32.5 Å². The summed E-state index contributed by atoms with van der Waals surface area (Å²) in [7, 11) is -2.53. The minimum absolute atomic E-state index is 0.0252. The summed E-state index contributed by atoms with van der Waals surface area (Å²) in [5, 5.41) is 0. The van der Waals surface area contributed by atoms with Crippen molar-refractivity contribution in [3.05, 3.63) is 12.3 Å². The molecule has 6 aliphatic rings. The Morgan fingerprint density at radius 2 is 1.30 bits per heavy atom. The SMILES string of the molecule is C=C(OS(=O)(=O)C(F)(F)F)C(C)CC1CC[C@@H]2O[C@@H]3C[C@]2(CO[C@H]3OC)O1.CO[C@@H]1OC[C@]23C[C@H]1O[C@H]2CCC(CC(C)C(C)=O)O3. The molecule has 16 heteroatoms. The standard InChI is InChI=1S/C16H23F3O7S.C15H24O5/c1-9(10(2)26-27(20,21)16(17,18)19)6-11-4-5-13-15(25-11)7-12(24-13)14(22-3)23-8-15;1-9(10(2)16)6-11-4-5-13-15(20-11)7-12(19-13)14(17-3)18-8-15/h9,11-14H,2,4-8H2,1,3H3;9,11-14H,4-8H2,1-3H3/t2*9?,11?,12-,13+,14-,15-/m11/s1. The van der Waals surface area contributed by atoms with Gasteiger partial charge in [0.15, 0.2) is 12.6 Å². The number of carbonyl (C=O) groups excluding carboxylic acids is 1. The van der Waals surface area contributed by atoms with Gasteiger partial charge in [0.2, 0.25) is 0 Å². The second-order valence-corrected chi connectivity index (χ2v) is 15.2. The highest BCUT2D eigenvalue weighted by Gasteiger charge is 2.60. The number of rotatable bonds is 10. The predicted molar refractivity (Wildman–Crippen MR) is 157 cm³/mol. The summed E-state index contributed by atoms with van der Waals surface area (Å²) in [5.41, 5.74) is -6.42. The molecule has 6 fully saturated rings. The zero-order valence-corrected chi connectivity index (χ0v) is 28.3. The van der Waals surface area contributed by atoms with Crippen LogP contribution in [0.15, 0.2) is 12.3 Å². The van der Waals surface area contributed by atoms with E-state index in [0.717, 1.165) is 25.7 Å². The first kappa shape index (κ1) is 36.9. The van der Waals surface area contributed by atoms with Crippen LogP contribution in [0.4, 0.5) is 13.2 Å². The molecule has 0 amide bonds. The third-order valence-electron chi connectivity index (χ3n) is 10.3. The average Bonchev–Trinajstić information content (AvgIpc) is 3.46. The predicted octanol–water partition coefficient (Wildman–Crippen LogP) is 4.15. The summed E-state index contributed by atoms with van der Waals surface area (Å²) in [5.74, 6) is -0.819. The minimum atomic E-state index is -5.72. The summed E-state index contributed by atoms with van der Waals surface area (Å²) in [6, 6.07) is 0. The molecule has 6 saturated heterocycles. The van der Waals surface area contributed by atoms with Crippen LogP contribution in [0.5, 0.6) is 0 Å². The first-order chi connectivity index (χ1) is 22.0. The fourth-order valence-corrected chi connectivity index (χ4v) is 8.10. The molecule has 6 aliphatic heterocycles. The molecule has 0 N–H and O–H groups in total. The van der Waals surface area contributed by atoms with Gasteiger partial charge in [-0.25, -0.2) is 0 Å². The molecule has 47 heavy (non-hydrogen) atoms. The zero-order chi connectivity index (χ0) is 34.4. The van der Waals surface area contributed by atoms with Gasteiger partial charge in [0.25, 0.3) is 0 Å². The summed E-state index contributed by atoms with van der Waals surface area (Å²) in [6.07, 6.45) is 4.64. The molecular weight excluding hydrogens is 653 g/mol. The lowest BCUT2D eigenvalue weighted by atomic mass is 9.84. The van der Waals surface area contributed by atoms with E-state index < -0.39 is 39.2 Å². The van der Waals surface area contributed by atoms with Crippen molar-refractivity contribution in [2.24, 2.45) is 11.8 Å². The molecule has 4 bridgehead atoms. The summed E-state index contributed by atoms with van der Waals surface area (Å²) < 4.78 is 110. The molecule has 0 aromatic carbocycles. The van der Waals surface area contributed by atoms with E-state index in [1.54, 1.807) is 28.1 Å². The molecule has 0 radical (unpaired) electrons. The average molecular weight is 701 g/mol. The van der Waals surface area contributed by atoms with Gasteiger partial charge in [0.1, 0.15) is 35.0 Å². The molecule has 0 aliphatic carbocycles. The number of allylic oxidation sites excluding steroid dienone is 1. The Morgan fingerprint density at radius 3 is 1.70 bits per heavy atom. The first-order valence-electron chi connectivity index (χ1n) is 16.2. The van der Waals surface area contributed by atoms with Crippen molar-refractivity contribution in [2.75, 3.05) is 27.4 Å². The van der Waals surface area contributed by atoms with Gasteiger partial charge in [-0.05, 0) is 45.4 Å². The fourth-order valence-electron chi connectivity index (χ4n) is 7.56. The van der Waals surface area contributed by atoms with E-state index in [1.165, 1.54) is 0 Å². The van der Waals surface area contributed by atoms with Gasteiger partial charge in [0.05, 0.1) is 37.6 Å². The quantitative estimate of drug-likeness (QED) is 0.184. The van der Waals surface area contributed by atoms with Gasteiger partial charge in [-0.2, -0.15) is 21.6 Å². The number of methoxy groups -OCH3 is 2. The lowest BCUT2D eigenvalue weighted by Crippen LogP contribution is -2.54. The maximum Gasteiger partial charge on any atom is 0.534 e. The normalized spacial score (nSPS) is 40.7. The van der Waals surface area contributed by atoms with Crippen LogP contribution >= 0.6 is 0 Å². The monoisotopic (exact) mass is 700 g/mol. The van der Waals surface area contributed by atoms with Crippen molar-refractivity contribution >= 4 is 15.9 Å². The lowest BCUT2D eigenvalue weighted by Gasteiger charge is -2.43. The molecule has 6 rings (SSSR count). The molecule has 4 unspecified atom stereocenters. The Kier molecular flexibility index (Phi) is 11.1. The van der Waals surface area contributed by atoms with Crippen molar-refractivity contribution in [3.63, 3.8) is 0 Å². The molecule has 12 atom stereocenters. The Hall–Kier alpha value is -1.37. The van der Waals surface area contributed by atoms with E-state index >= 15 is 0 Å². The van der Waals surface area contributed by atoms with Crippen LogP contribution in [0.3, 0.4) is 0 Å². The van der Waals surface area contributed by atoms with Crippen molar-refractivity contribution in [3.8, 4) is 0 Å². The maximum atomic E-state index is 12.4. The number of hydrogen-bond acceptors (Lipinski definition) is 12. The Morgan fingerprint density at radius 1 is 0.851 bits per heavy atom. The molecule has 2 spiro atoms.